The lowest BCUT2D eigenvalue weighted by molar-refractivity contribution is 0.196. The second-order valence-corrected chi connectivity index (χ2v) is 3.60. The van der Waals surface area contributed by atoms with Crippen LogP contribution in [0.2, 0.25) is 0 Å². The van der Waals surface area contributed by atoms with E-state index in [0.717, 1.165) is 12.1 Å². The number of aliphatic hydroxyl groups is 1. The van der Waals surface area contributed by atoms with Crippen LogP contribution in [0.5, 0.6) is 11.5 Å². The third-order valence-corrected chi connectivity index (χ3v) is 2.51. The van der Waals surface area contributed by atoms with Crippen LogP contribution in [0.3, 0.4) is 0 Å². The average Bonchev–Trinajstić information content (AvgIpc) is 2.28. The molecule has 0 aliphatic rings. The van der Waals surface area contributed by atoms with Crippen LogP contribution in [0.4, 0.5) is 0 Å². The highest BCUT2D eigenvalue weighted by Gasteiger charge is 2.06. The molecule has 1 rings (SSSR count). The van der Waals surface area contributed by atoms with Crippen LogP contribution < -0.4 is 4.74 Å². The van der Waals surface area contributed by atoms with E-state index in [1.54, 1.807) is 12.1 Å². The first-order valence-electron chi connectivity index (χ1n) is 5.40. The lowest BCUT2D eigenvalue weighted by Crippen LogP contribution is -2.26. The minimum absolute atomic E-state index is 0.149. The molecule has 4 heteroatoms. The molecule has 2 N–H and O–H groups in total. The van der Waals surface area contributed by atoms with Gasteiger partial charge in [0.15, 0.2) is 11.5 Å². The van der Waals surface area contributed by atoms with E-state index in [1.807, 2.05) is 13.0 Å². The van der Waals surface area contributed by atoms with Gasteiger partial charge in [0.25, 0.3) is 0 Å². The van der Waals surface area contributed by atoms with Crippen molar-refractivity contribution in [3.05, 3.63) is 23.8 Å². The highest BCUT2D eigenvalue weighted by atomic mass is 16.5. The molecule has 0 aliphatic heterocycles. The Kier molecular flexibility index (Phi) is 5.08. The van der Waals surface area contributed by atoms with Gasteiger partial charge in [0.2, 0.25) is 0 Å². The summed E-state index contributed by atoms with van der Waals surface area (Å²) in [6.45, 7) is 4.42. The highest BCUT2D eigenvalue weighted by molar-refractivity contribution is 5.41. The molecule has 0 saturated heterocycles. The van der Waals surface area contributed by atoms with Gasteiger partial charge in [-0.05, 0) is 24.2 Å². The third-order valence-electron chi connectivity index (χ3n) is 2.51. The lowest BCUT2D eigenvalue weighted by Gasteiger charge is -2.19. The van der Waals surface area contributed by atoms with Gasteiger partial charge in [-0.3, -0.25) is 4.90 Å². The number of phenols is 1. The molecule has 0 fully saturated rings. The predicted octanol–water partition coefficient (Wildman–Crippen LogP) is 1.21. The second kappa shape index (κ2) is 6.35. The number of aliphatic hydroxyl groups excluding tert-OH is 1. The number of rotatable bonds is 6. The number of phenolic OH excluding ortho intramolecular Hbond substituents is 1. The molecule has 0 bridgehead atoms. The molecule has 1 aromatic carbocycles. The van der Waals surface area contributed by atoms with Crippen molar-refractivity contribution in [1.29, 1.82) is 0 Å². The zero-order valence-electron chi connectivity index (χ0n) is 9.81. The van der Waals surface area contributed by atoms with Crippen molar-refractivity contribution in [2.45, 2.75) is 13.5 Å². The van der Waals surface area contributed by atoms with E-state index in [4.69, 9.17) is 9.84 Å². The minimum atomic E-state index is 0.149. The van der Waals surface area contributed by atoms with Gasteiger partial charge in [0.05, 0.1) is 13.7 Å². The monoisotopic (exact) mass is 225 g/mol. The summed E-state index contributed by atoms with van der Waals surface area (Å²) in [5.74, 6) is 0.633. The molecule has 0 aliphatic carbocycles. The molecule has 1 aromatic rings. The Balaban J connectivity index is 2.69. The maximum Gasteiger partial charge on any atom is 0.160 e. The smallest absolute Gasteiger partial charge is 0.160 e. The largest absolute Gasteiger partial charge is 0.504 e. The molecular formula is C12H19NO3. The second-order valence-electron chi connectivity index (χ2n) is 3.60. The summed E-state index contributed by atoms with van der Waals surface area (Å²) in [6.07, 6.45) is 0. The number of benzene rings is 1. The molecular weight excluding hydrogens is 206 g/mol. The maximum atomic E-state index is 9.61. The summed E-state index contributed by atoms with van der Waals surface area (Å²) in [5, 5.41) is 18.5. The topological polar surface area (TPSA) is 52.9 Å². The van der Waals surface area contributed by atoms with Crippen molar-refractivity contribution in [1.82, 2.24) is 4.90 Å². The van der Waals surface area contributed by atoms with Gasteiger partial charge in [-0.2, -0.15) is 0 Å². The van der Waals surface area contributed by atoms with Crippen molar-refractivity contribution >= 4 is 0 Å². The van der Waals surface area contributed by atoms with E-state index < -0.39 is 0 Å². The van der Waals surface area contributed by atoms with E-state index in [1.165, 1.54) is 7.11 Å². The normalized spacial score (nSPS) is 10.8. The molecule has 16 heavy (non-hydrogen) atoms. The van der Waals surface area contributed by atoms with E-state index in [2.05, 4.69) is 4.90 Å². The van der Waals surface area contributed by atoms with Gasteiger partial charge in [0, 0.05) is 13.1 Å². The van der Waals surface area contributed by atoms with E-state index >= 15 is 0 Å². The molecule has 0 radical (unpaired) electrons. The first kappa shape index (κ1) is 12.8. The van der Waals surface area contributed by atoms with Crippen LogP contribution in [0, 0.1) is 0 Å². The molecule has 0 saturated carbocycles. The van der Waals surface area contributed by atoms with Crippen LogP contribution in [-0.4, -0.2) is 41.9 Å². The molecule has 0 amide bonds. The van der Waals surface area contributed by atoms with Gasteiger partial charge in [-0.15, -0.1) is 0 Å². The van der Waals surface area contributed by atoms with E-state index in [9.17, 15) is 5.11 Å². The Morgan fingerprint density at radius 1 is 1.38 bits per heavy atom. The summed E-state index contributed by atoms with van der Waals surface area (Å²) in [6, 6.07) is 5.36. The molecule has 0 unspecified atom stereocenters. The molecule has 0 heterocycles. The van der Waals surface area contributed by atoms with Crippen molar-refractivity contribution in [2.75, 3.05) is 26.8 Å². The van der Waals surface area contributed by atoms with Crippen LogP contribution >= 0.6 is 0 Å². The van der Waals surface area contributed by atoms with E-state index in [-0.39, 0.29) is 12.4 Å². The van der Waals surface area contributed by atoms with Gasteiger partial charge < -0.3 is 14.9 Å². The van der Waals surface area contributed by atoms with Crippen LogP contribution in [0.1, 0.15) is 12.5 Å². The molecule has 90 valence electrons. The Morgan fingerprint density at radius 3 is 2.62 bits per heavy atom. The SMILES string of the molecule is CCN(CCO)Cc1ccc(OC)c(O)c1. The number of hydrogen-bond acceptors (Lipinski definition) is 4. The van der Waals surface area contributed by atoms with Crippen molar-refractivity contribution in [3.8, 4) is 11.5 Å². The minimum Gasteiger partial charge on any atom is -0.504 e. The predicted molar refractivity (Wildman–Crippen MR) is 62.7 cm³/mol. The molecule has 0 atom stereocenters. The summed E-state index contributed by atoms with van der Waals surface area (Å²) in [7, 11) is 1.53. The number of ether oxygens (including phenoxy) is 1. The third kappa shape index (κ3) is 3.40. The van der Waals surface area contributed by atoms with Crippen LogP contribution in [-0.2, 0) is 6.54 Å². The Labute approximate surface area is 96.1 Å². The zero-order chi connectivity index (χ0) is 12.0. The Morgan fingerprint density at radius 2 is 2.12 bits per heavy atom. The summed E-state index contributed by atoms with van der Waals surface area (Å²) < 4.78 is 4.98. The first-order chi connectivity index (χ1) is 7.71. The molecule has 4 nitrogen and oxygen atoms in total. The number of likely N-dealkylation sites (N-methyl/N-ethyl adjacent to an activating group) is 1. The van der Waals surface area contributed by atoms with Crippen molar-refractivity contribution in [2.24, 2.45) is 0 Å². The van der Waals surface area contributed by atoms with Gasteiger partial charge in [0.1, 0.15) is 0 Å². The molecule has 0 aromatic heterocycles. The Hall–Kier alpha value is -1.26. The first-order valence-corrected chi connectivity index (χ1v) is 5.40. The van der Waals surface area contributed by atoms with Crippen molar-refractivity contribution < 1.29 is 14.9 Å². The number of aromatic hydroxyl groups is 1. The molecule has 0 spiro atoms. The fourth-order valence-corrected chi connectivity index (χ4v) is 1.58. The average molecular weight is 225 g/mol. The number of methoxy groups -OCH3 is 1. The quantitative estimate of drug-likeness (QED) is 0.764. The van der Waals surface area contributed by atoms with Gasteiger partial charge >= 0.3 is 0 Å². The standard InChI is InChI=1S/C12H19NO3/c1-3-13(6-7-14)9-10-4-5-12(16-2)11(15)8-10/h4-5,8,14-15H,3,6-7,9H2,1-2H3. The zero-order valence-corrected chi connectivity index (χ0v) is 9.81. The maximum absolute atomic E-state index is 9.61. The van der Waals surface area contributed by atoms with Crippen molar-refractivity contribution in [3.63, 3.8) is 0 Å². The van der Waals surface area contributed by atoms with Gasteiger partial charge in [-0.1, -0.05) is 13.0 Å². The fraction of sp³-hybridized carbons (Fsp3) is 0.500. The highest BCUT2D eigenvalue weighted by Crippen LogP contribution is 2.26. The van der Waals surface area contributed by atoms with Gasteiger partial charge in [-0.25, -0.2) is 0 Å². The van der Waals surface area contributed by atoms with Crippen LogP contribution in [0.25, 0.3) is 0 Å². The fourth-order valence-electron chi connectivity index (χ4n) is 1.58. The van der Waals surface area contributed by atoms with E-state index in [0.29, 0.717) is 18.8 Å². The van der Waals surface area contributed by atoms with Crippen LogP contribution in [0.15, 0.2) is 18.2 Å². The summed E-state index contributed by atoms with van der Waals surface area (Å²) >= 11 is 0. The number of hydrogen-bond donors (Lipinski definition) is 2. The number of nitrogens with zero attached hydrogens (tertiary/aromatic N) is 1. The Bertz CT molecular complexity index is 328. The summed E-state index contributed by atoms with van der Waals surface area (Å²) in [5.41, 5.74) is 1.01. The lowest BCUT2D eigenvalue weighted by atomic mass is 10.2. The summed E-state index contributed by atoms with van der Waals surface area (Å²) in [4.78, 5) is 2.10.